The fraction of sp³-hybridized carbons (Fsp3) is 0.364. The molecule has 1 aromatic rings. The summed E-state index contributed by atoms with van der Waals surface area (Å²) in [7, 11) is 3.58. The minimum absolute atomic E-state index is 0.262. The van der Waals surface area contributed by atoms with Crippen LogP contribution in [0.1, 0.15) is 18.4 Å². The van der Waals surface area contributed by atoms with Gasteiger partial charge in [-0.2, -0.15) is 0 Å². The summed E-state index contributed by atoms with van der Waals surface area (Å²) in [5.74, 6) is 1.14. The van der Waals surface area contributed by atoms with Crippen molar-refractivity contribution in [1.29, 1.82) is 0 Å². The number of rotatable bonds is 3. The highest BCUT2D eigenvalue weighted by Crippen LogP contribution is 2.27. The zero-order valence-corrected chi connectivity index (χ0v) is 8.42. The van der Waals surface area contributed by atoms with Gasteiger partial charge in [0.1, 0.15) is 5.75 Å². The van der Waals surface area contributed by atoms with Gasteiger partial charge in [0.05, 0.1) is 7.11 Å². The molecule has 2 heteroatoms. The first-order valence-corrected chi connectivity index (χ1v) is 4.37. The number of benzene rings is 1. The second kappa shape index (κ2) is 4.17. The average Bonchev–Trinajstić information content (AvgIpc) is 2.16. The first-order valence-electron chi connectivity index (χ1n) is 4.37. The van der Waals surface area contributed by atoms with Crippen molar-refractivity contribution < 1.29 is 4.74 Å². The Morgan fingerprint density at radius 2 is 2.15 bits per heavy atom. The largest absolute Gasteiger partial charge is 0.497 e. The number of hydrogen-bond donors (Lipinski definition) is 1. The van der Waals surface area contributed by atoms with Gasteiger partial charge < -0.3 is 10.1 Å². The van der Waals surface area contributed by atoms with Crippen molar-refractivity contribution in [2.45, 2.75) is 12.8 Å². The smallest absolute Gasteiger partial charge is 0.119 e. The van der Waals surface area contributed by atoms with Crippen LogP contribution in [0.4, 0.5) is 5.69 Å². The Bertz CT molecular complexity index is 281. The molecule has 0 heterocycles. The zero-order valence-electron chi connectivity index (χ0n) is 8.42. The van der Waals surface area contributed by atoms with Gasteiger partial charge in [-0.1, -0.05) is 6.92 Å². The molecule has 0 aliphatic heterocycles. The summed E-state index contributed by atoms with van der Waals surface area (Å²) in [5, 5.41) is 3.13. The molecule has 1 aromatic carbocycles. The lowest BCUT2D eigenvalue weighted by Gasteiger charge is -2.13. The molecule has 1 N–H and O–H groups in total. The van der Waals surface area contributed by atoms with E-state index in [0.717, 1.165) is 11.4 Å². The Morgan fingerprint density at radius 1 is 1.46 bits per heavy atom. The van der Waals surface area contributed by atoms with Gasteiger partial charge in [0.2, 0.25) is 0 Å². The SMILES string of the molecule is [CH2]C(C)c1cc(OC)ccc1NC. The lowest BCUT2D eigenvalue weighted by atomic mass is 10.0. The highest BCUT2D eigenvalue weighted by atomic mass is 16.5. The Kier molecular flexibility index (Phi) is 3.18. The third-order valence-electron chi connectivity index (χ3n) is 2.06. The number of ether oxygens (including phenoxy) is 1. The van der Waals surface area contributed by atoms with Crippen LogP contribution in [0.5, 0.6) is 5.75 Å². The van der Waals surface area contributed by atoms with Crippen LogP contribution in [-0.2, 0) is 0 Å². The van der Waals surface area contributed by atoms with Crippen molar-refractivity contribution >= 4 is 5.69 Å². The molecule has 0 aromatic heterocycles. The maximum absolute atomic E-state index is 5.15. The second-order valence-electron chi connectivity index (χ2n) is 3.10. The van der Waals surface area contributed by atoms with Gasteiger partial charge in [-0.25, -0.2) is 0 Å². The molecule has 1 atom stereocenters. The van der Waals surface area contributed by atoms with Crippen LogP contribution in [0.2, 0.25) is 0 Å². The van der Waals surface area contributed by atoms with Gasteiger partial charge in [-0.3, -0.25) is 0 Å². The van der Waals surface area contributed by atoms with Crippen LogP contribution >= 0.6 is 0 Å². The molecular formula is C11H16NO. The molecule has 0 saturated carbocycles. The minimum Gasteiger partial charge on any atom is -0.497 e. The van der Waals surface area contributed by atoms with E-state index in [0.29, 0.717) is 0 Å². The Hall–Kier alpha value is -1.18. The maximum atomic E-state index is 5.15. The lowest BCUT2D eigenvalue weighted by Crippen LogP contribution is -1.98. The predicted octanol–water partition coefficient (Wildman–Crippen LogP) is 2.67. The third-order valence-corrected chi connectivity index (χ3v) is 2.06. The quantitative estimate of drug-likeness (QED) is 0.768. The molecule has 0 saturated heterocycles. The van der Waals surface area contributed by atoms with Gasteiger partial charge in [-0.05, 0) is 36.6 Å². The molecule has 1 rings (SSSR count). The fourth-order valence-electron chi connectivity index (χ4n) is 1.30. The molecule has 1 radical (unpaired) electrons. The summed E-state index contributed by atoms with van der Waals surface area (Å²) in [6.45, 7) is 6.06. The monoisotopic (exact) mass is 178 g/mol. The van der Waals surface area contributed by atoms with Crippen molar-refractivity contribution in [3.63, 3.8) is 0 Å². The molecule has 1 unspecified atom stereocenters. The summed E-state index contributed by atoms with van der Waals surface area (Å²) in [5.41, 5.74) is 2.30. The summed E-state index contributed by atoms with van der Waals surface area (Å²) in [6, 6.07) is 5.97. The van der Waals surface area contributed by atoms with E-state index in [9.17, 15) is 0 Å². The van der Waals surface area contributed by atoms with Crippen molar-refractivity contribution in [2.24, 2.45) is 0 Å². The van der Waals surface area contributed by atoms with Crippen molar-refractivity contribution in [1.82, 2.24) is 0 Å². The maximum Gasteiger partial charge on any atom is 0.119 e. The van der Waals surface area contributed by atoms with Gasteiger partial charge in [-0.15, -0.1) is 0 Å². The third kappa shape index (κ3) is 2.14. The lowest BCUT2D eigenvalue weighted by molar-refractivity contribution is 0.414. The predicted molar refractivity (Wildman–Crippen MR) is 56.3 cm³/mol. The van der Waals surface area contributed by atoms with Crippen LogP contribution in [0.15, 0.2) is 18.2 Å². The van der Waals surface area contributed by atoms with E-state index in [1.807, 2.05) is 25.2 Å². The molecule has 2 nitrogen and oxygen atoms in total. The number of methoxy groups -OCH3 is 1. The van der Waals surface area contributed by atoms with E-state index in [1.165, 1.54) is 5.56 Å². The van der Waals surface area contributed by atoms with Gasteiger partial charge in [0.15, 0.2) is 0 Å². The molecule has 0 amide bonds. The van der Waals surface area contributed by atoms with E-state index in [-0.39, 0.29) is 5.92 Å². The van der Waals surface area contributed by atoms with Gasteiger partial charge in [0, 0.05) is 12.7 Å². The Balaban J connectivity index is 3.10. The highest BCUT2D eigenvalue weighted by molar-refractivity contribution is 5.55. The van der Waals surface area contributed by atoms with E-state index in [1.54, 1.807) is 7.11 Å². The zero-order chi connectivity index (χ0) is 9.84. The molecule has 0 aliphatic rings. The molecular weight excluding hydrogens is 162 g/mol. The number of hydrogen-bond acceptors (Lipinski definition) is 2. The normalized spacial score (nSPS) is 10.2. The number of nitrogens with one attached hydrogen (secondary N) is 1. The minimum atomic E-state index is 0.262. The molecule has 0 bridgehead atoms. The summed E-state index contributed by atoms with van der Waals surface area (Å²) in [4.78, 5) is 0. The molecule has 0 spiro atoms. The number of anilines is 1. The van der Waals surface area contributed by atoms with Crippen molar-refractivity contribution in [2.75, 3.05) is 19.5 Å². The van der Waals surface area contributed by atoms with Crippen LogP contribution < -0.4 is 10.1 Å². The first-order chi connectivity index (χ1) is 6.19. The molecule has 0 aliphatic carbocycles. The molecule has 13 heavy (non-hydrogen) atoms. The van der Waals surface area contributed by atoms with Gasteiger partial charge in [0.25, 0.3) is 0 Å². The van der Waals surface area contributed by atoms with Crippen molar-refractivity contribution in [3.05, 3.63) is 30.7 Å². The van der Waals surface area contributed by atoms with Crippen molar-refractivity contribution in [3.8, 4) is 5.75 Å². The van der Waals surface area contributed by atoms with Crippen LogP contribution in [-0.4, -0.2) is 14.2 Å². The standard InChI is InChI=1S/C11H16NO/c1-8(2)10-7-9(13-4)5-6-11(10)12-3/h5-8,12H,1H2,2-4H3. The first kappa shape index (κ1) is 9.90. The average molecular weight is 178 g/mol. The highest BCUT2D eigenvalue weighted by Gasteiger charge is 2.06. The summed E-state index contributed by atoms with van der Waals surface area (Å²) >= 11 is 0. The van der Waals surface area contributed by atoms with E-state index in [4.69, 9.17) is 4.74 Å². The van der Waals surface area contributed by atoms with E-state index in [2.05, 4.69) is 19.2 Å². The van der Waals surface area contributed by atoms with E-state index < -0.39 is 0 Å². The van der Waals surface area contributed by atoms with E-state index >= 15 is 0 Å². The summed E-state index contributed by atoms with van der Waals surface area (Å²) < 4.78 is 5.15. The Morgan fingerprint density at radius 3 is 2.62 bits per heavy atom. The fourth-order valence-corrected chi connectivity index (χ4v) is 1.30. The molecule has 71 valence electrons. The van der Waals surface area contributed by atoms with Crippen LogP contribution in [0.25, 0.3) is 0 Å². The van der Waals surface area contributed by atoms with Crippen LogP contribution in [0.3, 0.4) is 0 Å². The Labute approximate surface area is 79.9 Å². The van der Waals surface area contributed by atoms with Crippen LogP contribution in [0, 0.1) is 6.92 Å². The van der Waals surface area contributed by atoms with Gasteiger partial charge >= 0.3 is 0 Å². The second-order valence-corrected chi connectivity index (χ2v) is 3.10. The molecule has 0 fully saturated rings. The summed E-state index contributed by atoms with van der Waals surface area (Å²) in [6.07, 6.45) is 0. The topological polar surface area (TPSA) is 21.3 Å².